The van der Waals surface area contributed by atoms with Crippen molar-refractivity contribution in [3.8, 4) is 0 Å². The lowest BCUT2D eigenvalue weighted by atomic mass is 9.91. The van der Waals surface area contributed by atoms with E-state index in [9.17, 15) is 5.11 Å². The minimum Gasteiger partial charge on any atom is -0.388 e. The molecular weight excluding hydrogens is 303 g/mol. The largest absolute Gasteiger partial charge is 0.388 e. The van der Waals surface area contributed by atoms with Crippen LogP contribution in [-0.2, 0) is 4.74 Å². The first kappa shape index (κ1) is 13.3. The van der Waals surface area contributed by atoms with Gasteiger partial charge in [-0.15, -0.1) is 0 Å². The summed E-state index contributed by atoms with van der Waals surface area (Å²) in [7, 11) is 0. The third-order valence-electron chi connectivity index (χ3n) is 3.23. The molecule has 1 N–H and O–H groups in total. The quantitative estimate of drug-likeness (QED) is 0.914. The monoisotopic (exact) mass is 318 g/mol. The smallest absolute Gasteiger partial charge is 0.0793 e. The summed E-state index contributed by atoms with van der Waals surface area (Å²) in [4.78, 5) is 0. The van der Waals surface area contributed by atoms with Gasteiger partial charge in [0.15, 0.2) is 0 Å². The molecule has 1 unspecified atom stereocenters. The van der Waals surface area contributed by atoms with Gasteiger partial charge in [0.25, 0.3) is 0 Å². The second-order valence-corrected chi connectivity index (χ2v) is 5.74. The highest BCUT2D eigenvalue weighted by molar-refractivity contribution is 9.10. The molecule has 1 saturated heterocycles. The fourth-order valence-corrected chi connectivity index (χ4v) is 2.59. The van der Waals surface area contributed by atoms with E-state index in [2.05, 4.69) is 15.9 Å². The second kappa shape index (κ2) is 6.19. The minimum absolute atomic E-state index is 0.427. The molecule has 1 aliphatic rings. The van der Waals surface area contributed by atoms with Crippen LogP contribution in [0, 0.1) is 5.92 Å². The Morgan fingerprint density at radius 2 is 2.12 bits per heavy atom. The molecule has 2 nitrogen and oxygen atoms in total. The zero-order valence-electron chi connectivity index (χ0n) is 9.53. The Morgan fingerprint density at radius 1 is 1.41 bits per heavy atom. The van der Waals surface area contributed by atoms with Crippen LogP contribution in [0.3, 0.4) is 0 Å². The Labute approximate surface area is 115 Å². The summed E-state index contributed by atoms with van der Waals surface area (Å²) in [6.07, 6.45) is 2.45. The first-order valence-electron chi connectivity index (χ1n) is 5.87. The lowest BCUT2D eigenvalue weighted by molar-refractivity contribution is 0.0435. The van der Waals surface area contributed by atoms with Crippen molar-refractivity contribution in [3.05, 3.63) is 33.3 Å². The highest BCUT2D eigenvalue weighted by atomic mass is 79.9. The number of benzene rings is 1. The maximum atomic E-state index is 10.2. The van der Waals surface area contributed by atoms with Crippen molar-refractivity contribution in [1.82, 2.24) is 0 Å². The fourth-order valence-electron chi connectivity index (χ4n) is 2.15. The van der Waals surface area contributed by atoms with Crippen molar-refractivity contribution < 1.29 is 9.84 Å². The van der Waals surface area contributed by atoms with Gasteiger partial charge in [0, 0.05) is 17.7 Å². The Hall–Kier alpha value is -0.0900. The SMILES string of the molecule is OC(CC1CCOCC1)c1ccc(Br)c(Cl)c1. The van der Waals surface area contributed by atoms with Crippen molar-refractivity contribution in [2.24, 2.45) is 5.92 Å². The third kappa shape index (κ3) is 3.68. The number of rotatable bonds is 3. The highest BCUT2D eigenvalue weighted by Gasteiger charge is 2.19. The van der Waals surface area contributed by atoms with E-state index in [1.807, 2.05) is 18.2 Å². The molecule has 17 heavy (non-hydrogen) atoms. The maximum Gasteiger partial charge on any atom is 0.0793 e. The maximum absolute atomic E-state index is 10.2. The van der Waals surface area contributed by atoms with Crippen molar-refractivity contribution >= 4 is 27.5 Å². The lowest BCUT2D eigenvalue weighted by Gasteiger charge is -2.24. The Morgan fingerprint density at radius 3 is 2.76 bits per heavy atom. The first-order valence-corrected chi connectivity index (χ1v) is 7.04. The molecular formula is C13H16BrClO2. The van der Waals surface area contributed by atoms with Crippen molar-refractivity contribution in [1.29, 1.82) is 0 Å². The zero-order chi connectivity index (χ0) is 12.3. The van der Waals surface area contributed by atoms with Gasteiger partial charge in [0.05, 0.1) is 11.1 Å². The minimum atomic E-state index is -0.427. The average molecular weight is 320 g/mol. The molecule has 1 aromatic carbocycles. The standard InChI is InChI=1S/C13H16BrClO2/c14-11-2-1-10(8-12(11)15)13(16)7-9-3-5-17-6-4-9/h1-2,8-9,13,16H,3-7H2. The predicted octanol–water partition coefficient (Wildman–Crippen LogP) is 3.95. The summed E-state index contributed by atoms with van der Waals surface area (Å²) in [5, 5.41) is 10.8. The summed E-state index contributed by atoms with van der Waals surface area (Å²) in [6, 6.07) is 5.63. The van der Waals surface area contributed by atoms with Crippen LogP contribution >= 0.6 is 27.5 Å². The van der Waals surface area contributed by atoms with E-state index in [0.29, 0.717) is 10.9 Å². The number of halogens is 2. The molecule has 94 valence electrons. The normalized spacial score (nSPS) is 19.2. The number of hydrogen-bond acceptors (Lipinski definition) is 2. The van der Waals surface area contributed by atoms with Crippen LogP contribution in [0.4, 0.5) is 0 Å². The van der Waals surface area contributed by atoms with Gasteiger partial charge in [-0.3, -0.25) is 0 Å². The summed E-state index contributed by atoms with van der Waals surface area (Å²) >= 11 is 9.37. The van der Waals surface area contributed by atoms with Gasteiger partial charge in [0.1, 0.15) is 0 Å². The number of aliphatic hydroxyl groups is 1. The van der Waals surface area contributed by atoms with Gasteiger partial charge in [0.2, 0.25) is 0 Å². The third-order valence-corrected chi connectivity index (χ3v) is 4.46. The van der Waals surface area contributed by atoms with Gasteiger partial charge >= 0.3 is 0 Å². The number of ether oxygens (including phenoxy) is 1. The molecule has 1 atom stereocenters. The highest BCUT2D eigenvalue weighted by Crippen LogP contribution is 2.31. The molecule has 1 heterocycles. The van der Waals surface area contributed by atoms with E-state index >= 15 is 0 Å². The van der Waals surface area contributed by atoms with Crippen LogP contribution in [0.1, 0.15) is 30.9 Å². The van der Waals surface area contributed by atoms with Gasteiger partial charge in [-0.1, -0.05) is 17.7 Å². The van der Waals surface area contributed by atoms with E-state index in [1.54, 1.807) is 0 Å². The topological polar surface area (TPSA) is 29.5 Å². The molecule has 2 rings (SSSR count). The molecule has 4 heteroatoms. The molecule has 1 aromatic rings. The molecule has 0 bridgehead atoms. The van der Waals surface area contributed by atoms with E-state index in [1.165, 1.54) is 0 Å². The van der Waals surface area contributed by atoms with Gasteiger partial charge < -0.3 is 9.84 Å². The number of hydrogen-bond donors (Lipinski definition) is 1. The summed E-state index contributed by atoms with van der Waals surface area (Å²) in [5.74, 6) is 0.557. The van der Waals surface area contributed by atoms with E-state index < -0.39 is 6.10 Å². The fraction of sp³-hybridized carbons (Fsp3) is 0.538. The Kier molecular flexibility index (Phi) is 4.86. The van der Waals surface area contributed by atoms with E-state index in [-0.39, 0.29) is 0 Å². The van der Waals surface area contributed by atoms with Crippen molar-refractivity contribution in [3.63, 3.8) is 0 Å². The van der Waals surface area contributed by atoms with E-state index in [4.69, 9.17) is 16.3 Å². The molecule has 0 amide bonds. The molecule has 1 aliphatic heterocycles. The molecule has 0 saturated carbocycles. The van der Waals surface area contributed by atoms with Crippen LogP contribution in [-0.4, -0.2) is 18.3 Å². The van der Waals surface area contributed by atoms with Crippen LogP contribution < -0.4 is 0 Å². The Balaban J connectivity index is 1.98. The first-order chi connectivity index (χ1) is 8.16. The molecule has 0 aliphatic carbocycles. The lowest BCUT2D eigenvalue weighted by Crippen LogP contribution is -2.18. The summed E-state index contributed by atoms with van der Waals surface area (Å²) in [6.45, 7) is 1.64. The summed E-state index contributed by atoms with van der Waals surface area (Å²) < 4.78 is 6.18. The van der Waals surface area contributed by atoms with Crippen LogP contribution in [0.2, 0.25) is 5.02 Å². The van der Waals surface area contributed by atoms with Crippen molar-refractivity contribution in [2.45, 2.75) is 25.4 Å². The number of aliphatic hydroxyl groups excluding tert-OH is 1. The molecule has 1 fully saturated rings. The van der Waals surface area contributed by atoms with Crippen LogP contribution in [0.25, 0.3) is 0 Å². The van der Waals surface area contributed by atoms with Crippen LogP contribution in [0.15, 0.2) is 22.7 Å². The van der Waals surface area contributed by atoms with E-state index in [0.717, 1.165) is 42.5 Å². The zero-order valence-corrected chi connectivity index (χ0v) is 11.9. The second-order valence-electron chi connectivity index (χ2n) is 4.48. The molecule has 0 aromatic heterocycles. The summed E-state index contributed by atoms with van der Waals surface area (Å²) in [5.41, 5.74) is 0.893. The van der Waals surface area contributed by atoms with Gasteiger partial charge in [-0.2, -0.15) is 0 Å². The average Bonchev–Trinajstić information content (AvgIpc) is 2.34. The predicted molar refractivity (Wildman–Crippen MR) is 72.3 cm³/mol. The molecule has 0 radical (unpaired) electrons. The van der Waals surface area contributed by atoms with Crippen molar-refractivity contribution in [2.75, 3.05) is 13.2 Å². The molecule has 0 spiro atoms. The van der Waals surface area contributed by atoms with Crippen LogP contribution in [0.5, 0.6) is 0 Å². The van der Waals surface area contributed by atoms with Gasteiger partial charge in [-0.25, -0.2) is 0 Å². The Bertz CT molecular complexity index is 378. The van der Waals surface area contributed by atoms with Gasteiger partial charge in [-0.05, 0) is 58.8 Å².